The van der Waals surface area contributed by atoms with Crippen molar-refractivity contribution in [3.05, 3.63) is 22.2 Å². The van der Waals surface area contributed by atoms with Gasteiger partial charge in [0.05, 0.1) is 11.9 Å². The van der Waals surface area contributed by atoms with Gasteiger partial charge in [-0.2, -0.15) is 0 Å². The average molecular weight is 191 g/mol. The highest BCUT2D eigenvalue weighted by atomic mass is 35.5. The Balaban J connectivity index is 2.90. The molecule has 0 atom stereocenters. The fourth-order valence-corrected chi connectivity index (χ4v) is 1.19. The summed E-state index contributed by atoms with van der Waals surface area (Å²) in [5, 5.41) is 0.759. The summed E-state index contributed by atoms with van der Waals surface area (Å²) in [6.45, 7) is 2.06. The van der Waals surface area contributed by atoms with Gasteiger partial charge in [-0.3, -0.25) is 4.98 Å². The maximum atomic E-state index is 5.75. The minimum absolute atomic E-state index is 0.342. The molecule has 1 rings (SSSR count). The second kappa shape index (κ2) is 3.88. The molecule has 0 amide bonds. The lowest BCUT2D eigenvalue weighted by atomic mass is 10.3. The van der Waals surface area contributed by atoms with Crippen LogP contribution in [0.3, 0.4) is 0 Å². The summed E-state index contributed by atoms with van der Waals surface area (Å²) < 4.78 is 0. The molecule has 0 N–H and O–H groups in total. The van der Waals surface area contributed by atoms with Gasteiger partial charge in [-0.15, -0.1) is 0 Å². The molecular formula is C7H8Cl2N2. The fraction of sp³-hybridized carbons (Fsp3) is 0.429. The minimum atomic E-state index is 0.342. The van der Waals surface area contributed by atoms with Crippen molar-refractivity contribution < 1.29 is 0 Å². The minimum Gasteiger partial charge on any atom is -0.255 e. The summed E-state index contributed by atoms with van der Waals surface area (Å²) in [4.78, 5) is 7.90. The first kappa shape index (κ1) is 8.75. The van der Waals surface area contributed by atoms with E-state index < -0.39 is 0 Å². The Bertz CT molecular complexity index is 250. The number of halogens is 2. The molecule has 0 fully saturated rings. The summed E-state index contributed by atoms with van der Waals surface area (Å²) in [6, 6.07) is 0. The van der Waals surface area contributed by atoms with Gasteiger partial charge in [-0.05, 0) is 6.42 Å². The van der Waals surface area contributed by atoms with Crippen molar-refractivity contribution in [1.82, 2.24) is 9.97 Å². The lowest BCUT2D eigenvalue weighted by Crippen LogP contribution is -1.92. The van der Waals surface area contributed by atoms with E-state index in [2.05, 4.69) is 16.9 Å². The quantitative estimate of drug-likeness (QED) is 0.718. The number of hydrogen-bond acceptors (Lipinski definition) is 2. The zero-order valence-corrected chi connectivity index (χ0v) is 7.65. The lowest BCUT2D eigenvalue weighted by Gasteiger charge is -1.98. The molecule has 0 aromatic carbocycles. The van der Waals surface area contributed by atoms with Gasteiger partial charge in [0, 0.05) is 0 Å². The maximum Gasteiger partial charge on any atom is 0.152 e. The van der Waals surface area contributed by atoms with E-state index in [1.165, 1.54) is 6.20 Å². The Kier molecular flexibility index (Phi) is 3.09. The Morgan fingerprint density at radius 1 is 1.45 bits per heavy atom. The number of aromatic nitrogens is 2. The largest absolute Gasteiger partial charge is 0.255 e. The molecule has 0 radical (unpaired) electrons. The van der Waals surface area contributed by atoms with Crippen LogP contribution in [0.2, 0.25) is 10.3 Å². The van der Waals surface area contributed by atoms with E-state index in [0.29, 0.717) is 10.3 Å². The molecule has 1 heterocycles. The Morgan fingerprint density at radius 3 is 2.73 bits per heavy atom. The van der Waals surface area contributed by atoms with E-state index in [9.17, 15) is 0 Å². The van der Waals surface area contributed by atoms with Crippen LogP contribution in [-0.2, 0) is 6.42 Å². The first-order chi connectivity index (χ1) is 5.24. The Labute approximate surface area is 75.6 Å². The van der Waals surface area contributed by atoms with E-state index in [0.717, 1.165) is 18.5 Å². The summed E-state index contributed by atoms with van der Waals surface area (Å²) in [5.74, 6) is 0. The van der Waals surface area contributed by atoms with Gasteiger partial charge in [0.1, 0.15) is 5.15 Å². The third kappa shape index (κ3) is 2.31. The van der Waals surface area contributed by atoms with Gasteiger partial charge in [0.2, 0.25) is 0 Å². The van der Waals surface area contributed by atoms with Crippen molar-refractivity contribution in [2.45, 2.75) is 19.8 Å². The third-order valence-electron chi connectivity index (χ3n) is 1.26. The molecule has 0 spiro atoms. The molecule has 1 aromatic rings. The molecule has 11 heavy (non-hydrogen) atoms. The Hall–Kier alpha value is -0.340. The lowest BCUT2D eigenvalue weighted by molar-refractivity contribution is 0.871. The van der Waals surface area contributed by atoms with Gasteiger partial charge >= 0.3 is 0 Å². The first-order valence-electron chi connectivity index (χ1n) is 3.41. The van der Waals surface area contributed by atoms with E-state index in [1.54, 1.807) is 0 Å². The van der Waals surface area contributed by atoms with Crippen LogP contribution in [0, 0.1) is 0 Å². The van der Waals surface area contributed by atoms with Crippen molar-refractivity contribution in [3.63, 3.8) is 0 Å². The molecular weight excluding hydrogens is 183 g/mol. The summed E-state index contributed by atoms with van der Waals surface area (Å²) in [7, 11) is 0. The summed E-state index contributed by atoms with van der Waals surface area (Å²) in [6.07, 6.45) is 3.37. The average Bonchev–Trinajstić information content (AvgIpc) is 1.95. The molecule has 0 aliphatic carbocycles. The van der Waals surface area contributed by atoms with Gasteiger partial charge < -0.3 is 0 Å². The molecule has 0 aliphatic heterocycles. The molecule has 0 bridgehead atoms. The zero-order chi connectivity index (χ0) is 8.27. The van der Waals surface area contributed by atoms with E-state index in [4.69, 9.17) is 23.2 Å². The number of hydrogen-bond donors (Lipinski definition) is 0. The fourth-order valence-electron chi connectivity index (χ4n) is 0.776. The molecule has 2 nitrogen and oxygen atoms in total. The monoisotopic (exact) mass is 190 g/mol. The molecule has 0 aliphatic rings. The topological polar surface area (TPSA) is 25.8 Å². The highest BCUT2D eigenvalue weighted by molar-refractivity contribution is 6.32. The highest BCUT2D eigenvalue weighted by Crippen LogP contribution is 2.14. The SMILES string of the molecule is CCCc1ncc(Cl)nc1Cl. The van der Waals surface area contributed by atoms with Crippen LogP contribution in [0.15, 0.2) is 6.20 Å². The van der Waals surface area contributed by atoms with Crippen LogP contribution in [0.4, 0.5) is 0 Å². The van der Waals surface area contributed by atoms with Crippen LogP contribution >= 0.6 is 23.2 Å². The molecule has 1 aromatic heterocycles. The van der Waals surface area contributed by atoms with Crippen molar-refractivity contribution >= 4 is 23.2 Å². The van der Waals surface area contributed by atoms with Gasteiger partial charge in [0.15, 0.2) is 5.15 Å². The van der Waals surface area contributed by atoms with Crippen LogP contribution in [0.25, 0.3) is 0 Å². The first-order valence-corrected chi connectivity index (χ1v) is 4.16. The maximum absolute atomic E-state index is 5.75. The molecule has 0 saturated carbocycles. The standard InChI is InChI=1S/C7H8Cl2N2/c1-2-3-5-7(9)11-6(8)4-10-5/h4H,2-3H2,1H3. The van der Waals surface area contributed by atoms with Crippen molar-refractivity contribution in [2.75, 3.05) is 0 Å². The van der Waals surface area contributed by atoms with Crippen molar-refractivity contribution in [3.8, 4) is 0 Å². The summed E-state index contributed by atoms with van der Waals surface area (Å²) >= 11 is 11.3. The molecule has 4 heteroatoms. The van der Waals surface area contributed by atoms with Crippen LogP contribution < -0.4 is 0 Å². The predicted molar refractivity (Wildman–Crippen MR) is 46.0 cm³/mol. The van der Waals surface area contributed by atoms with E-state index >= 15 is 0 Å². The molecule has 0 unspecified atom stereocenters. The van der Waals surface area contributed by atoms with E-state index in [-0.39, 0.29) is 0 Å². The van der Waals surface area contributed by atoms with Crippen LogP contribution in [0.5, 0.6) is 0 Å². The van der Waals surface area contributed by atoms with Crippen LogP contribution in [-0.4, -0.2) is 9.97 Å². The Morgan fingerprint density at radius 2 is 2.18 bits per heavy atom. The zero-order valence-electron chi connectivity index (χ0n) is 6.14. The van der Waals surface area contributed by atoms with Gasteiger partial charge in [-0.25, -0.2) is 4.98 Å². The third-order valence-corrected chi connectivity index (χ3v) is 1.74. The van der Waals surface area contributed by atoms with Crippen LogP contribution in [0.1, 0.15) is 19.0 Å². The highest BCUT2D eigenvalue weighted by Gasteiger charge is 2.01. The number of rotatable bonds is 2. The van der Waals surface area contributed by atoms with Crippen molar-refractivity contribution in [1.29, 1.82) is 0 Å². The second-order valence-electron chi connectivity index (χ2n) is 2.18. The molecule has 60 valence electrons. The second-order valence-corrected chi connectivity index (χ2v) is 2.93. The van der Waals surface area contributed by atoms with Crippen molar-refractivity contribution in [2.24, 2.45) is 0 Å². The van der Waals surface area contributed by atoms with Gasteiger partial charge in [-0.1, -0.05) is 36.5 Å². The number of nitrogens with zero attached hydrogens (tertiary/aromatic N) is 2. The van der Waals surface area contributed by atoms with E-state index in [1.807, 2.05) is 0 Å². The summed E-state index contributed by atoms with van der Waals surface area (Å²) in [5.41, 5.74) is 0.818. The smallest absolute Gasteiger partial charge is 0.152 e. The van der Waals surface area contributed by atoms with Gasteiger partial charge in [0.25, 0.3) is 0 Å². The predicted octanol–water partition coefficient (Wildman–Crippen LogP) is 2.74. The molecule has 0 saturated heterocycles. The number of aryl methyl sites for hydroxylation is 1. The normalized spacial score (nSPS) is 10.1.